The number of hydrogen-bond acceptors (Lipinski definition) is 3. The second-order valence-corrected chi connectivity index (χ2v) is 5.71. The number of carboxylic acid groups (broad SMARTS) is 1. The number of aliphatic carboxylic acids is 1. The number of rotatable bonds is 10. The number of carbonyl (C=O) groups excluding carboxylic acids is 1. The Balaban J connectivity index is 1.76. The molecular formula is C20H23NO4. The maximum atomic E-state index is 11.9. The van der Waals surface area contributed by atoms with Gasteiger partial charge < -0.3 is 15.2 Å². The molecule has 25 heavy (non-hydrogen) atoms. The van der Waals surface area contributed by atoms with Crippen LogP contribution in [0.25, 0.3) is 11.1 Å². The van der Waals surface area contributed by atoms with Crippen LogP contribution >= 0.6 is 0 Å². The fraction of sp³-hybridized carbons (Fsp3) is 0.300. The largest absolute Gasteiger partial charge is 0.483 e. The number of carboxylic acids is 1. The number of carbonyl (C=O) groups is 2. The van der Waals surface area contributed by atoms with E-state index in [0.717, 1.165) is 24.0 Å². The molecule has 5 nitrogen and oxygen atoms in total. The van der Waals surface area contributed by atoms with Gasteiger partial charge in [0.05, 0.1) is 0 Å². The predicted molar refractivity (Wildman–Crippen MR) is 96.5 cm³/mol. The number of benzene rings is 2. The van der Waals surface area contributed by atoms with Gasteiger partial charge in [0.1, 0.15) is 5.75 Å². The minimum atomic E-state index is -0.783. The number of amides is 1. The molecule has 1 amide bonds. The van der Waals surface area contributed by atoms with Crippen molar-refractivity contribution >= 4 is 11.9 Å². The fourth-order valence-corrected chi connectivity index (χ4v) is 2.45. The molecule has 0 aromatic heterocycles. The quantitative estimate of drug-likeness (QED) is 0.649. The van der Waals surface area contributed by atoms with Crippen LogP contribution in [0.1, 0.15) is 25.7 Å². The van der Waals surface area contributed by atoms with Gasteiger partial charge in [-0.1, -0.05) is 55.0 Å². The average Bonchev–Trinajstić information content (AvgIpc) is 2.63. The molecular weight excluding hydrogens is 318 g/mol. The molecule has 0 spiro atoms. The third kappa shape index (κ3) is 6.67. The number of para-hydroxylation sites is 1. The highest BCUT2D eigenvalue weighted by Gasteiger charge is 2.08. The van der Waals surface area contributed by atoms with E-state index >= 15 is 0 Å². The van der Waals surface area contributed by atoms with Crippen LogP contribution in [0.15, 0.2) is 54.6 Å². The molecule has 0 aliphatic carbocycles. The second-order valence-electron chi connectivity index (χ2n) is 5.71. The molecule has 0 bridgehead atoms. The van der Waals surface area contributed by atoms with Crippen molar-refractivity contribution in [3.63, 3.8) is 0 Å². The molecule has 0 aliphatic heterocycles. The number of nitrogens with one attached hydrogen (secondary N) is 1. The Hall–Kier alpha value is -2.82. The van der Waals surface area contributed by atoms with Gasteiger partial charge in [0.25, 0.3) is 5.91 Å². The van der Waals surface area contributed by atoms with Crippen LogP contribution in [0.5, 0.6) is 5.75 Å². The second kappa shape index (κ2) is 10.1. The minimum Gasteiger partial charge on any atom is -0.483 e. The summed E-state index contributed by atoms with van der Waals surface area (Å²) >= 11 is 0. The zero-order valence-corrected chi connectivity index (χ0v) is 14.1. The fourth-order valence-electron chi connectivity index (χ4n) is 2.45. The van der Waals surface area contributed by atoms with Gasteiger partial charge in [-0.2, -0.15) is 0 Å². The van der Waals surface area contributed by atoms with Crippen molar-refractivity contribution in [3.05, 3.63) is 54.6 Å². The molecule has 2 aromatic rings. The third-order valence-electron chi connectivity index (χ3n) is 3.72. The molecule has 0 fully saturated rings. The lowest BCUT2D eigenvalue weighted by Gasteiger charge is -2.11. The van der Waals surface area contributed by atoms with Crippen LogP contribution in [0.2, 0.25) is 0 Å². The lowest BCUT2D eigenvalue weighted by Crippen LogP contribution is -2.29. The molecule has 2 aromatic carbocycles. The Morgan fingerprint density at radius 1 is 0.920 bits per heavy atom. The predicted octanol–water partition coefficient (Wildman–Crippen LogP) is 3.49. The molecule has 0 unspecified atom stereocenters. The summed E-state index contributed by atoms with van der Waals surface area (Å²) < 4.78 is 5.67. The monoisotopic (exact) mass is 341 g/mol. The number of hydrogen-bond donors (Lipinski definition) is 2. The van der Waals surface area contributed by atoms with Crippen molar-refractivity contribution in [2.24, 2.45) is 0 Å². The third-order valence-corrected chi connectivity index (χ3v) is 3.72. The maximum Gasteiger partial charge on any atom is 0.303 e. The van der Waals surface area contributed by atoms with Crippen LogP contribution in [0.3, 0.4) is 0 Å². The Morgan fingerprint density at radius 2 is 1.64 bits per heavy atom. The smallest absolute Gasteiger partial charge is 0.303 e. The Kier molecular flexibility index (Phi) is 7.50. The van der Waals surface area contributed by atoms with Crippen molar-refractivity contribution < 1.29 is 19.4 Å². The van der Waals surface area contributed by atoms with Crippen molar-refractivity contribution in [2.75, 3.05) is 13.2 Å². The summed E-state index contributed by atoms with van der Waals surface area (Å²) in [4.78, 5) is 22.3. The standard InChI is InChI=1S/C20H23NO4/c22-19(21-14-8-2-5-13-20(23)24)15-25-18-12-7-6-11-17(18)16-9-3-1-4-10-16/h1,3-4,6-7,9-12H,2,5,8,13-15H2,(H,21,22)(H,23,24). The van der Waals surface area contributed by atoms with Crippen LogP contribution in [-0.4, -0.2) is 30.1 Å². The zero-order chi connectivity index (χ0) is 17.9. The van der Waals surface area contributed by atoms with Gasteiger partial charge in [0, 0.05) is 18.5 Å². The van der Waals surface area contributed by atoms with Crippen LogP contribution < -0.4 is 10.1 Å². The van der Waals surface area contributed by atoms with E-state index in [4.69, 9.17) is 9.84 Å². The van der Waals surface area contributed by atoms with Gasteiger partial charge in [-0.25, -0.2) is 0 Å². The molecule has 0 saturated heterocycles. The molecule has 2 N–H and O–H groups in total. The minimum absolute atomic E-state index is 0.0427. The highest BCUT2D eigenvalue weighted by Crippen LogP contribution is 2.29. The number of unbranched alkanes of at least 4 members (excludes halogenated alkanes) is 2. The molecule has 5 heteroatoms. The van der Waals surface area contributed by atoms with E-state index in [1.807, 2.05) is 54.6 Å². The van der Waals surface area contributed by atoms with Crippen LogP contribution in [0, 0.1) is 0 Å². The molecule has 2 rings (SSSR count). The molecule has 0 aliphatic rings. The molecule has 0 saturated carbocycles. The van der Waals surface area contributed by atoms with Gasteiger partial charge in [0.2, 0.25) is 0 Å². The number of ether oxygens (including phenoxy) is 1. The van der Waals surface area contributed by atoms with Crippen molar-refractivity contribution in [3.8, 4) is 16.9 Å². The summed E-state index contributed by atoms with van der Waals surface area (Å²) in [6.45, 7) is 0.487. The van der Waals surface area contributed by atoms with Crippen molar-refractivity contribution in [1.29, 1.82) is 0 Å². The van der Waals surface area contributed by atoms with Crippen LogP contribution in [-0.2, 0) is 9.59 Å². The van der Waals surface area contributed by atoms with Gasteiger partial charge in [-0.05, 0) is 24.5 Å². The first-order valence-corrected chi connectivity index (χ1v) is 8.42. The summed E-state index contributed by atoms with van der Waals surface area (Å²) in [6, 6.07) is 17.5. The van der Waals surface area contributed by atoms with Crippen LogP contribution in [0.4, 0.5) is 0 Å². The highest BCUT2D eigenvalue weighted by molar-refractivity contribution is 5.78. The normalized spacial score (nSPS) is 10.2. The maximum absolute atomic E-state index is 11.9. The van der Waals surface area contributed by atoms with Gasteiger partial charge >= 0.3 is 5.97 Å². The summed E-state index contributed by atoms with van der Waals surface area (Å²) in [5.74, 6) is -0.291. The first kappa shape index (κ1) is 18.5. The van der Waals surface area contributed by atoms with Gasteiger partial charge in [-0.15, -0.1) is 0 Å². The Morgan fingerprint density at radius 3 is 2.40 bits per heavy atom. The Labute approximate surface area is 147 Å². The van der Waals surface area contributed by atoms with E-state index in [9.17, 15) is 9.59 Å². The lowest BCUT2D eigenvalue weighted by molar-refractivity contribution is -0.137. The molecule has 0 atom stereocenters. The zero-order valence-electron chi connectivity index (χ0n) is 14.1. The molecule has 132 valence electrons. The van der Waals surface area contributed by atoms with E-state index in [-0.39, 0.29) is 18.9 Å². The Bertz CT molecular complexity index is 685. The van der Waals surface area contributed by atoms with Crippen molar-refractivity contribution in [1.82, 2.24) is 5.32 Å². The first-order valence-electron chi connectivity index (χ1n) is 8.42. The summed E-state index contributed by atoms with van der Waals surface area (Å²) in [7, 11) is 0. The molecule has 0 radical (unpaired) electrons. The van der Waals surface area contributed by atoms with Crippen molar-refractivity contribution in [2.45, 2.75) is 25.7 Å². The summed E-state index contributed by atoms with van der Waals surface area (Å²) in [6.07, 6.45) is 2.35. The summed E-state index contributed by atoms with van der Waals surface area (Å²) in [5, 5.41) is 11.3. The van der Waals surface area contributed by atoms with E-state index in [2.05, 4.69) is 5.32 Å². The lowest BCUT2D eigenvalue weighted by atomic mass is 10.1. The summed E-state index contributed by atoms with van der Waals surface area (Å²) in [5.41, 5.74) is 1.99. The first-order chi connectivity index (χ1) is 12.2. The van der Waals surface area contributed by atoms with E-state index in [1.54, 1.807) is 0 Å². The van der Waals surface area contributed by atoms with Gasteiger partial charge in [0.15, 0.2) is 6.61 Å². The van der Waals surface area contributed by atoms with Gasteiger partial charge in [-0.3, -0.25) is 9.59 Å². The van der Waals surface area contributed by atoms with E-state index < -0.39 is 5.97 Å². The topological polar surface area (TPSA) is 75.6 Å². The SMILES string of the molecule is O=C(O)CCCCCNC(=O)COc1ccccc1-c1ccccc1. The molecule has 0 heterocycles. The van der Waals surface area contributed by atoms with E-state index in [1.165, 1.54) is 0 Å². The average molecular weight is 341 g/mol. The highest BCUT2D eigenvalue weighted by atomic mass is 16.5. The van der Waals surface area contributed by atoms with E-state index in [0.29, 0.717) is 18.7 Å².